The van der Waals surface area contributed by atoms with Gasteiger partial charge in [0.05, 0.1) is 6.54 Å². The van der Waals surface area contributed by atoms with E-state index in [0.717, 1.165) is 16.7 Å². The number of aromatic nitrogens is 3. The van der Waals surface area contributed by atoms with Gasteiger partial charge in [-0.2, -0.15) is 5.10 Å². The molecule has 0 saturated heterocycles. The SMILES string of the molecule is Cc1ccc(-c2cc(C(=O)Nc3nn(Cc4ccc(Cl)cc4Cl)cc3Cl)no2)cc1. The number of carbonyl (C=O) groups excluding carboxylic acids is 1. The van der Waals surface area contributed by atoms with E-state index < -0.39 is 5.91 Å². The van der Waals surface area contributed by atoms with Gasteiger partial charge >= 0.3 is 0 Å². The third-order valence-corrected chi connectivity index (χ3v) is 5.24. The maximum absolute atomic E-state index is 12.5. The fraction of sp³-hybridized carbons (Fsp3) is 0.0952. The lowest BCUT2D eigenvalue weighted by atomic mass is 10.1. The highest BCUT2D eigenvalue weighted by Crippen LogP contribution is 2.25. The Morgan fingerprint density at radius 2 is 1.83 bits per heavy atom. The second kappa shape index (κ2) is 8.52. The normalized spacial score (nSPS) is 10.9. The van der Waals surface area contributed by atoms with E-state index in [-0.39, 0.29) is 16.5 Å². The van der Waals surface area contributed by atoms with Crippen LogP contribution in [-0.2, 0) is 6.54 Å². The van der Waals surface area contributed by atoms with Crippen LogP contribution in [-0.4, -0.2) is 20.8 Å². The van der Waals surface area contributed by atoms with Crippen LogP contribution in [0.4, 0.5) is 5.82 Å². The number of rotatable bonds is 5. The molecule has 4 aromatic rings. The molecule has 0 bridgehead atoms. The van der Waals surface area contributed by atoms with Gasteiger partial charge in [0.1, 0.15) is 5.02 Å². The Labute approximate surface area is 187 Å². The fourth-order valence-electron chi connectivity index (χ4n) is 2.79. The van der Waals surface area contributed by atoms with Crippen molar-refractivity contribution in [2.75, 3.05) is 5.32 Å². The lowest BCUT2D eigenvalue weighted by molar-refractivity contribution is 0.101. The van der Waals surface area contributed by atoms with Crippen LogP contribution in [0, 0.1) is 6.92 Å². The summed E-state index contributed by atoms with van der Waals surface area (Å²) in [6.45, 7) is 2.36. The molecule has 0 aliphatic heterocycles. The van der Waals surface area contributed by atoms with E-state index in [4.69, 9.17) is 39.3 Å². The highest BCUT2D eigenvalue weighted by molar-refractivity contribution is 6.35. The van der Waals surface area contributed by atoms with E-state index in [1.165, 1.54) is 0 Å². The topological polar surface area (TPSA) is 73.0 Å². The molecule has 30 heavy (non-hydrogen) atoms. The van der Waals surface area contributed by atoms with Crippen molar-refractivity contribution in [2.45, 2.75) is 13.5 Å². The lowest BCUT2D eigenvalue weighted by Crippen LogP contribution is -2.13. The van der Waals surface area contributed by atoms with E-state index >= 15 is 0 Å². The third-order valence-electron chi connectivity index (χ3n) is 4.38. The van der Waals surface area contributed by atoms with Crippen molar-refractivity contribution < 1.29 is 9.32 Å². The first-order chi connectivity index (χ1) is 14.4. The number of halogens is 3. The average Bonchev–Trinajstić information content (AvgIpc) is 3.32. The number of carbonyl (C=O) groups is 1. The maximum Gasteiger partial charge on any atom is 0.279 e. The second-order valence-corrected chi connectivity index (χ2v) is 7.91. The molecule has 0 saturated carbocycles. The predicted octanol–water partition coefficient (Wildman–Crippen LogP) is 6.11. The van der Waals surface area contributed by atoms with Gasteiger partial charge in [0.15, 0.2) is 17.3 Å². The first-order valence-corrected chi connectivity index (χ1v) is 10.0. The fourth-order valence-corrected chi connectivity index (χ4v) is 3.46. The molecule has 2 aromatic heterocycles. The molecule has 0 atom stereocenters. The largest absolute Gasteiger partial charge is 0.355 e. The molecular weight excluding hydrogens is 447 g/mol. The van der Waals surface area contributed by atoms with Gasteiger partial charge in [-0.3, -0.25) is 9.48 Å². The molecule has 0 unspecified atom stereocenters. The minimum absolute atomic E-state index is 0.122. The second-order valence-electron chi connectivity index (χ2n) is 6.66. The first-order valence-electron chi connectivity index (χ1n) is 8.91. The summed E-state index contributed by atoms with van der Waals surface area (Å²) < 4.78 is 6.87. The molecule has 4 rings (SSSR count). The monoisotopic (exact) mass is 460 g/mol. The van der Waals surface area contributed by atoms with Crippen LogP contribution >= 0.6 is 34.8 Å². The molecule has 152 valence electrons. The van der Waals surface area contributed by atoms with Gasteiger partial charge in [-0.05, 0) is 24.6 Å². The standard InChI is InChI=1S/C21H15Cl3N4O2/c1-12-2-4-13(5-3-12)19-9-18(27-30-19)21(29)25-20-17(24)11-28(26-20)10-14-6-7-15(22)8-16(14)23/h2-9,11H,10H2,1H3,(H,25,26,29). The Hall–Kier alpha value is -2.80. The predicted molar refractivity (Wildman–Crippen MR) is 117 cm³/mol. The zero-order valence-corrected chi connectivity index (χ0v) is 18.0. The summed E-state index contributed by atoms with van der Waals surface area (Å²) >= 11 is 18.4. The molecule has 0 fully saturated rings. The molecule has 9 heteroatoms. The van der Waals surface area contributed by atoms with Crippen molar-refractivity contribution in [3.05, 3.63) is 86.6 Å². The zero-order valence-electron chi connectivity index (χ0n) is 15.7. The van der Waals surface area contributed by atoms with Gasteiger partial charge in [-0.25, -0.2) is 0 Å². The Morgan fingerprint density at radius 3 is 2.57 bits per heavy atom. The lowest BCUT2D eigenvalue weighted by Gasteiger charge is -2.05. The van der Waals surface area contributed by atoms with E-state index in [1.807, 2.05) is 31.2 Å². The molecule has 0 aliphatic carbocycles. The quantitative estimate of drug-likeness (QED) is 0.389. The van der Waals surface area contributed by atoms with Crippen LogP contribution in [0.2, 0.25) is 15.1 Å². The van der Waals surface area contributed by atoms with Gasteiger partial charge < -0.3 is 9.84 Å². The van der Waals surface area contributed by atoms with Crippen LogP contribution in [0.15, 0.2) is 59.3 Å². The number of benzene rings is 2. The van der Waals surface area contributed by atoms with Crippen LogP contribution < -0.4 is 5.32 Å². The van der Waals surface area contributed by atoms with Gasteiger partial charge in [0, 0.05) is 27.9 Å². The van der Waals surface area contributed by atoms with Crippen LogP contribution in [0.25, 0.3) is 11.3 Å². The summed E-state index contributed by atoms with van der Waals surface area (Å²) in [5.74, 6) is 0.231. The van der Waals surface area contributed by atoms with E-state index in [0.29, 0.717) is 22.4 Å². The van der Waals surface area contributed by atoms with Crippen LogP contribution in [0.5, 0.6) is 0 Å². The highest BCUT2D eigenvalue weighted by Gasteiger charge is 2.17. The summed E-state index contributed by atoms with van der Waals surface area (Å²) in [6, 6.07) is 14.5. The summed E-state index contributed by atoms with van der Waals surface area (Å²) in [4.78, 5) is 12.5. The van der Waals surface area contributed by atoms with Gasteiger partial charge in [0.2, 0.25) is 0 Å². The number of amides is 1. The Bertz CT molecular complexity index is 1220. The van der Waals surface area contributed by atoms with Gasteiger partial charge in [-0.1, -0.05) is 75.9 Å². The van der Waals surface area contributed by atoms with Crippen molar-refractivity contribution in [1.29, 1.82) is 0 Å². The summed E-state index contributed by atoms with van der Waals surface area (Å²) in [6.07, 6.45) is 1.60. The molecule has 1 amide bonds. The van der Waals surface area contributed by atoms with Crippen molar-refractivity contribution in [3.8, 4) is 11.3 Å². The van der Waals surface area contributed by atoms with Crippen molar-refractivity contribution in [3.63, 3.8) is 0 Å². The van der Waals surface area contributed by atoms with Crippen molar-refractivity contribution >= 4 is 46.5 Å². The van der Waals surface area contributed by atoms with Gasteiger partial charge in [-0.15, -0.1) is 0 Å². The molecule has 0 aliphatic rings. The van der Waals surface area contributed by atoms with Crippen LogP contribution in [0.3, 0.4) is 0 Å². The van der Waals surface area contributed by atoms with E-state index in [9.17, 15) is 4.79 Å². The number of anilines is 1. The van der Waals surface area contributed by atoms with Crippen LogP contribution in [0.1, 0.15) is 21.6 Å². The summed E-state index contributed by atoms with van der Waals surface area (Å²) in [5, 5.41) is 12.2. The van der Waals surface area contributed by atoms with Crippen molar-refractivity contribution in [1.82, 2.24) is 14.9 Å². The van der Waals surface area contributed by atoms with E-state index in [2.05, 4.69) is 15.6 Å². The Balaban J connectivity index is 1.48. The first kappa shape index (κ1) is 20.5. The highest BCUT2D eigenvalue weighted by atomic mass is 35.5. The maximum atomic E-state index is 12.5. The Kier molecular flexibility index (Phi) is 5.81. The van der Waals surface area contributed by atoms with Crippen molar-refractivity contribution in [2.24, 2.45) is 0 Å². The number of nitrogens with zero attached hydrogens (tertiary/aromatic N) is 3. The minimum atomic E-state index is -0.478. The molecule has 0 radical (unpaired) electrons. The molecule has 2 heterocycles. The molecule has 6 nitrogen and oxygen atoms in total. The Morgan fingerprint density at radius 1 is 1.07 bits per heavy atom. The number of hydrogen-bond acceptors (Lipinski definition) is 4. The number of nitrogens with one attached hydrogen (secondary N) is 1. The number of hydrogen-bond donors (Lipinski definition) is 1. The average molecular weight is 462 g/mol. The number of aryl methyl sites for hydroxylation is 1. The summed E-state index contributed by atoms with van der Waals surface area (Å²) in [7, 11) is 0. The smallest absolute Gasteiger partial charge is 0.279 e. The van der Waals surface area contributed by atoms with E-state index in [1.54, 1.807) is 35.1 Å². The minimum Gasteiger partial charge on any atom is -0.355 e. The summed E-state index contributed by atoms with van der Waals surface area (Å²) in [5.41, 5.74) is 2.89. The zero-order chi connectivity index (χ0) is 21.3. The molecule has 2 aromatic carbocycles. The molecule has 0 spiro atoms. The third kappa shape index (κ3) is 4.51. The van der Waals surface area contributed by atoms with Gasteiger partial charge in [0.25, 0.3) is 5.91 Å². The molecule has 1 N–H and O–H groups in total. The molecular formula is C21H15Cl3N4O2.